The normalized spacial score (nSPS) is 10.9. The second-order valence-electron chi connectivity index (χ2n) is 3.74. The van der Waals surface area contributed by atoms with Gasteiger partial charge in [-0.25, -0.2) is 9.67 Å². The molecule has 0 saturated heterocycles. The van der Waals surface area contributed by atoms with Crippen molar-refractivity contribution >= 4 is 27.8 Å². The SMILES string of the molecule is Cc1c(C=O)cnn1-c1nc2sccc2c(=O)[nH]1. The maximum atomic E-state index is 11.8. The van der Waals surface area contributed by atoms with Crippen LogP contribution in [0.3, 0.4) is 0 Å². The second-order valence-corrected chi connectivity index (χ2v) is 4.64. The average Bonchev–Trinajstić information content (AvgIpc) is 2.95. The molecule has 0 spiro atoms. The van der Waals surface area contributed by atoms with Crippen molar-refractivity contribution in [3.05, 3.63) is 39.3 Å². The van der Waals surface area contributed by atoms with Crippen LogP contribution in [-0.2, 0) is 0 Å². The van der Waals surface area contributed by atoms with Gasteiger partial charge in [0.25, 0.3) is 5.56 Å². The van der Waals surface area contributed by atoms with E-state index in [0.29, 0.717) is 27.4 Å². The average molecular weight is 260 g/mol. The molecule has 7 heteroatoms. The smallest absolute Gasteiger partial charge is 0.261 e. The first-order chi connectivity index (χ1) is 8.70. The van der Waals surface area contributed by atoms with E-state index in [4.69, 9.17) is 0 Å². The number of thiophene rings is 1. The van der Waals surface area contributed by atoms with Gasteiger partial charge >= 0.3 is 0 Å². The number of carbonyl (C=O) groups excluding carboxylic acids is 1. The lowest BCUT2D eigenvalue weighted by molar-refractivity contribution is 0.112. The summed E-state index contributed by atoms with van der Waals surface area (Å²) in [5, 5.41) is 6.41. The van der Waals surface area contributed by atoms with Crippen LogP contribution < -0.4 is 5.56 Å². The first-order valence-electron chi connectivity index (χ1n) is 5.18. The second kappa shape index (κ2) is 3.88. The Bertz CT molecular complexity index is 799. The summed E-state index contributed by atoms with van der Waals surface area (Å²) in [5.41, 5.74) is 0.909. The molecular weight excluding hydrogens is 252 g/mol. The highest BCUT2D eigenvalue weighted by atomic mass is 32.1. The summed E-state index contributed by atoms with van der Waals surface area (Å²) in [4.78, 5) is 30.2. The zero-order chi connectivity index (χ0) is 12.7. The molecule has 3 aromatic heterocycles. The van der Waals surface area contributed by atoms with Crippen LogP contribution in [-0.4, -0.2) is 26.0 Å². The number of aromatic amines is 1. The number of nitrogens with zero attached hydrogens (tertiary/aromatic N) is 3. The number of aromatic nitrogens is 4. The molecule has 90 valence electrons. The van der Waals surface area contributed by atoms with Gasteiger partial charge in [0.15, 0.2) is 6.29 Å². The highest BCUT2D eigenvalue weighted by Gasteiger charge is 2.11. The summed E-state index contributed by atoms with van der Waals surface area (Å²) in [5.74, 6) is 0.320. The maximum absolute atomic E-state index is 11.8. The zero-order valence-electron chi connectivity index (χ0n) is 9.38. The minimum Gasteiger partial charge on any atom is -0.298 e. The number of nitrogens with one attached hydrogen (secondary N) is 1. The van der Waals surface area contributed by atoms with Gasteiger partial charge in [-0.05, 0) is 18.4 Å². The summed E-state index contributed by atoms with van der Waals surface area (Å²) in [7, 11) is 0. The van der Waals surface area contributed by atoms with Crippen LogP contribution in [0.25, 0.3) is 16.2 Å². The van der Waals surface area contributed by atoms with Gasteiger partial charge in [0.1, 0.15) is 4.83 Å². The molecule has 1 N–H and O–H groups in total. The topological polar surface area (TPSA) is 80.6 Å². The van der Waals surface area contributed by atoms with Crippen LogP contribution in [0.1, 0.15) is 16.1 Å². The molecule has 0 aromatic carbocycles. The highest BCUT2D eigenvalue weighted by Crippen LogP contribution is 2.16. The third-order valence-corrected chi connectivity index (χ3v) is 3.50. The number of carbonyl (C=O) groups is 1. The molecular formula is C11H8N4O2S. The monoisotopic (exact) mass is 260 g/mol. The van der Waals surface area contributed by atoms with Gasteiger partial charge in [-0.2, -0.15) is 5.10 Å². The van der Waals surface area contributed by atoms with Crippen molar-refractivity contribution in [2.24, 2.45) is 0 Å². The molecule has 3 aromatic rings. The first-order valence-corrected chi connectivity index (χ1v) is 6.06. The molecule has 0 bridgehead atoms. The molecule has 0 saturated carbocycles. The third kappa shape index (κ3) is 1.48. The van der Waals surface area contributed by atoms with Crippen LogP contribution in [0.15, 0.2) is 22.4 Å². The minimum atomic E-state index is -0.209. The maximum Gasteiger partial charge on any atom is 0.261 e. The molecule has 3 rings (SSSR count). The molecule has 0 amide bonds. The molecule has 0 atom stereocenters. The molecule has 18 heavy (non-hydrogen) atoms. The number of rotatable bonds is 2. The van der Waals surface area contributed by atoms with Gasteiger partial charge in [-0.1, -0.05) is 0 Å². The van der Waals surface area contributed by atoms with Crippen molar-refractivity contribution in [2.75, 3.05) is 0 Å². The largest absolute Gasteiger partial charge is 0.298 e. The van der Waals surface area contributed by atoms with E-state index in [0.717, 1.165) is 6.29 Å². The molecule has 0 aliphatic carbocycles. The Hall–Kier alpha value is -2.28. The zero-order valence-corrected chi connectivity index (χ0v) is 10.2. The summed E-state index contributed by atoms with van der Waals surface area (Å²) < 4.78 is 1.45. The van der Waals surface area contributed by atoms with Crippen LogP contribution in [0.2, 0.25) is 0 Å². The van der Waals surface area contributed by atoms with Crippen LogP contribution >= 0.6 is 11.3 Å². The third-order valence-electron chi connectivity index (χ3n) is 2.70. The molecule has 0 aliphatic heterocycles. The van der Waals surface area contributed by atoms with E-state index < -0.39 is 0 Å². The summed E-state index contributed by atoms with van der Waals surface area (Å²) >= 11 is 1.39. The summed E-state index contributed by atoms with van der Waals surface area (Å²) in [6, 6.07) is 1.72. The van der Waals surface area contributed by atoms with Crippen LogP contribution in [0, 0.1) is 6.92 Å². The molecule has 0 aliphatic rings. The molecule has 0 unspecified atom stereocenters. The van der Waals surface area contributed by atoms with Gasteiger partial charge in [-0.3, -0.25) is 14.6 Å². The summed E-state index contributed by atoms with van der Waals surface area (Å²) in [6.07, 6.45) is 2.17. The molecule has 0 radical (unpaired) electrons. The Morgan fingerprint density at radius 2 is 2.33 bits per heavy atom. The number of fused-ring (bicyclic) bond motifs is 1. The summed E-state index contributed by atoms with van der Waals surface area (Å²) in [6.45, 7) is 1.75. The van der Waals surface area contributed by atoms with E-state index in [1.165, 1.54) is 22.2 Å². The lowest BCUT2D eigenvalue weighted by atomic mass is 10.3. The van der Waals surface area contributed by atoms with Crippen LogP contribution in [0.4, 0.5) is 0 Å². The lowest BCUT2D eigenvalue weighted by Gasteiger charge is -2.02. The Balaban J connectivity index is 2.28. The van der Waals surface area contributed by atoms with Gasteiger partial charge in [0.2, 0.25) is 5.95 Å². The van der Waals surface area contributed by atoms with Crippen molar-refractivity contribution in [3.63, 3.8) is 0 Å². The van der Waals surface area contributed by atoms with Crippen molar-refractivity contribution in [3.8, 4) is 5.95 Å². The number of hydrogen-bond acceptors (Lipinski definition) is 5. The van der Waals surface area contributed by atoms with Crippen LogP contribution in [0.5, 0.6) is 0 Å². The van der Waals surface area contributed by atoms with E-state index in [1.54, 1.807) is 13.0 Å². The standard InChI is InChI=1S/C11H8N4O2S/c1-6-7(5-16)4-12-15(6)11-13-9(17)8-2-3-18-10(8)14-11/h2-5H,1H3,(H,13,14,17). The van der Waals surface area contributed by atoms with Crippen molar-refractivity contribution < 1.29 is 4.79 Å². The fraction of sp³-hybridized carbons (Fsp3) is 0.0909. The molecule has 0 fully saturated rings. The van der Waals surface area contributed by atoms with Gasteiger partial charge in [0.05, 0.1) is 22.8 Å². The number of H-pyrrole nitrogens is 1. The fourth-order valence-corrected chi connectivity index (χ4v) is 2.47. The minimum absolute atomic E-state index is 0.209. The predicted octanol–water partition coefficient (Wildman–Crippen LogP) is 1.29. The predicted molar refractivity (Wildman–Crippen MR) is 67.5 cm³/mol. The van der Waals surface area contributed by atoms with E-state index >= 15 is 0 Å². The molecule has 3 heterocycles. The van der Waals surface area contributed by atoms with E-state index in [-0.39, 0.29) is 5.56 Å². The van der Waals surface area contributed by atoms with E-state index in [2.05, 4.69) is 15.1 Å². The molecule has 6 nitrogen and oxygen atoms in total. The van der Waals surface area contributed by atoms with Crippen molar-refractivity contribution in [2.45, 2.75) is 6.92 Å². The van der Waals surface area contributed by atoms with Crippen molar-refractivity contribution in [1.82, 2.24) is 19.7 Å². The number of hydrogen-bond donors (Lipinski definition) is 1. The van der Waals surface area contributed by atoms with Gasteiger partial charge in [-0.15, -0.1) is 11.3 Å². The van der Waals surface area contributed by atoms with Gasteiger partial charge < -0.3 is 0 Å². The quantitative estimate of drug-likeness (QED) is 0.704. The van der Waals surface area contributed by atoms with E-state index in [1.807, 2.05) is 5.38 Å². The fourth-order valence-electron chi connectivity index (χ4n) is 1.71. The number of aldehydes is 1. The first kappa shape index (κ1) is 10.8. The van der Waals surface area contributed by atoms with E-state index in [9.17, 15) is 9.59 Å². The Morgan fingerprint density at radius 3 is 3.06 bits per heavy atom. The lowest BCUT2D eigenvalue weighted by Crippen LogP contribution is -2.14. The highest BCUT2D eigenvalue weighted by molar-refractivity contribution is 7.16. The van der Waals surface area contributed by atoms with Gasteiger partial charge in [0, 0.05) is 0 Å². The Morgan fingerprint density at radius 1 is 1.50 bits per heavy atom. The van der Waals surface area contributed by atoms with Crippen molar-refractivity contribution in [1.29, 1.82) is 0 Å². The Kier molecular flexibility index (Phi) is 2.34. The Labute approximate surface area is 105 Å².